The highest BCUT2D eigenvalue weighted by Crippen LogP contribution is 2.44. The summed E-state index contributed by atoms with van der Waals surface area (Å²) in [5.74, 6) is -0.374. The summed E-state index contributed by atoms with van der Waals surface area (Å²) in [5, 5.41) is 9.96. The van der Waals surface area contributed by atoms with Crippen molar-refractivity contribution in [3.63, 3.8) is 0 Å². The minimum atomic E-state index is -0.789. The van der Waals surface area contributed by atoms with E-state index < -0.39 is 11.4 Å². The van der Waals surface area contributed by atoms with Crippen LogP contribution >= 0.6 is 0 Å². The molecule has 5 heteroatoms. The van der Waals surface area contributed by atoms with Crippen LogP contribution in [0.5, 0.6) is 0 Å². The van der Waals surface area contributed by atoms with Gasteiger partial charge in [-0.05, 0) is 18.4 Å². The Labute approximate surface area is 148 Å². The Hall–Kier alpha value is -1.88. The number of rotatable bonds is 4. The zero-order chi connectivity index (χ0) is 17.4. The highest BCUT2D eigenvalue weighted by Gasteiger charge is 2.58. The minimum absolute atomic E-state index is 0.0408. The van der Waals surface area contributed by atoms with E-state index >= 15 is 0 Å². The first-order valence-corrected chi connectivity index (χ1v) is 9.37. The number of carboxylic acids is 1. The van der Waals surface area contributed by atoms with Crippen LogP contribution < -0.4 is 0 Å². The van der Waals surface area contributed by atoms with E-state index in [9.17, 15) is 14.7 Å². The van der Waals surface area contributed by atoms with Crippen LogP contribution in [0.1, 0.15) is 31.2 Å². The smallest absolute Gasteiger partial charge is 0.313 e. The molecule has 134 valence electrons. The average Bonchev–Trinajstić information content (AvgIpc) is 3.29. The highest BCUT2D eigenvalue weighted by molar-refractivity contribution is 5.83. The van der Waals surface area contributed by atoms with Crippen LogP contribution in [0.4, 0.5) is 0 Å². The number of aliphatic carboxylic acids is 1. The minimum Gasteiger partial charge on any atom is -0.481 e. The molecule has 0 unspecified atom stereocenters. The van der Waals surface area contributed by atoms with E-state index in [1.807, 2.05) is 23.1 Å². The average molecular weight is 342 g/mol. The second-order valence-corrected chi connectivity index (χ2v) is 8.01. The van der Waals surface area contributed by atoms with Crippen LogP contribution in [0, 0.1) is 17.3 Å². The van der Waals surface area contributed by atoms with Gasteiger partial charge in [0.1, 0.15) is 5.41 Å². The fourth-order valence-electron chi connectivity index (χ4n) is 5.03. The summed E-state index contributed by atoms with van der Waals surface area (Å²) in [6.45, 7) is 3.06. The van der Waals surface area contributed by atoms with Gasteiger partial charge >= 0.3 is 5.97 Å². The maximum atomic E-state index is 12.7. The SMILES string of the molecule is O=C(C1CCCC1)N1C[C@H]2CN(Cc3ccccc3)C[C@@]2(C(=O)O)C1. The molecule has 5 nitrogen and oxygen atoms in total. The molecule has 3 fully saturated rings. The third kappa shape index (κ3) is 2.95. The largest absolute Gasteiger partial charge is 0.481 e. The van der Waals surface area contributed by atoms with E-state index in [1.54, 1.807) is 0 Å². The van der Waals surface area contributed by atoms with Gasteiger partial charge in [0.2, 0.25) is 5.91 Å². The molecule has 4 rings (SSSR count). The Morgan fingerprint density at radius 3 is 2.44 bits per heavy atom. The first kappa shape index (κ1) is 16.6. The number of carboxylic acid groups (broad SMARTS) is 1. The highest BCUT2D eigenvalue weighted by atomic mass is 16.4. The number of hydrogen-bond donors (Lipinski definition) is 1. The van der Waals surface area contributed by atoms with E-state index in [0.29, 0.717) is 19.6 Å². The second-order valence-electron chi connectivity index (χ2n) is 8.01. The number of nitrogens with zero attached hydrogens (tertiary/aromatic N) is 2. The first-order chi connectivity index (χ1) is 12.1. The van der Waals surface area contributed by atoms with Crippen molar-refractivity contribution in [2.24, 2.45) is 17.3 Å². The summed E-state index contributed by atoms with van der Waals surface area (Å²) in [4.78, 5) is 29.0. The Kier molecular flexibility index (Phi) is 4.28. The molecule has 25 heavy (non-hydrogen) atoms. The molecule has 1 amide bonds. The maximum absolute atomic E-state index is 12.7. The van der Waals surface area contributed by atoms with E-state index in [2.05, 4.69) is 17.0 Å². The van der Waals surface area contributed by atoms with Gasteiger partial charge in [0.15, 0.2) is 0 Å². The molecule has 1 N–H and O–H groups in total. The van der Waals surface area contributed by atoms with E-state index in [1.165, 1.54) is 5.56 Å². The molecule has 2 atom stereocenters. The zero-order valence-corrected chi connectivity index (χ0v) is 14.6. The summed E-state index contributed by atoms with van der Waals surface area (Å²) >= 11 is 0. The lowest BCUT2D eigenvalue weighted by Gasteiger charge is -2.27. The molecule has 0 bridgehead atoms. The van der Waals surface area contributed by atoms with Gasteiger partial charge in [-0.2, -0.15) is 0 Å². The summed E-state index contributed by atoms with van der Waals surface area (Å²) < 4.78 is 0. The van der Waals surface area contributed by atoms with Crippen LogP contribution in [0.2, 0.25) is 0 Å². The standard InChI is InChI=1S/C20H26N2O3/c23-18(16-8-4-5-9-16)22-12-17-11-21(10-15-6-2-1-3-7-15)13-20(17,14-22)19(24)25/h1-3,6-7,16-17H,4-5,8-14H2,(H,24,25)/t17-,20-/m1/s1. The lowest BCUT2D eigenvalue weighted by atomic mass is 9.81. The van der Waals surface area contributed by atoms with Crippen LogP contribution in [0.3, 0.4) is 0 Å². The molecule has 1 aliphatic carbocycles. The van der Waals surface area contributed by atoms with E-state index in [-0.39, 0.29) is 17.7 Å². The van der Waals surface area contributed by atoms with Crippen LogP contribution in [0.15, 0.2) is 30.3 Å². The molecule has 0 spiro atoms. The molecule has 0 aromatic heterocycles. The predicted octanol–water partition coefficient (Wildman–Crippen LogP) is 2.22. The normalized spacial score (nSPS) is 29.9. The summed E-state index contributed by atoms with van der Waals surface area (Å²) in [5.41, 5.74) is 0.421. The van der Waals surface area contributed by atoms with Crippen molar-refractivity contribution in [3.8, 4) is 0 Å². The topological polar surface area (TPSA) is 60.9 Å². The monoisotopic (exact) mass is 342 g/mol. The number of carbonyl (C=O) groups excluding carboxylic acids is 1. The predicted molar refractivity (Wildman–Crippen MR) is 93.8 cm³/mol. The van der Waals surface area contributed by atoms with Crippen molar-refractivity contribution in [2.45, 2.75) is 32.2 Å². The first-order valence-electron chi connectivity index (χ1n) is 9.37. The Morgan fingerprint density at radius 2 is 1.80 bits per heavy atom. The van der Waals surface area contributed by atoms with Gasteiger partial charge in [0.25, 0.3) is 0 Å². The van der Waals surface area contributed by atoms with Gasteiger partial charge in [-0.25, -0.2) is 0 Å². The third-order valence-corrected chi connectivity index (χ3v) is 6.37. The molecular formula is C20H26N2O3. The molecule has 2 aliphatic heterocycles. The van der Waals surface area contributed by atoms with Gasteiger partial charge in [-0.15, -0.1) is 0 Å². The molecule has 1 saturated carbocycles. The molecule has 1 aromatic carbocycles. The Morgan fingerprint density at radius 1 is 1.08 bits per heavy atom. The molecule has 2 saturated heterocycles. The summed E-state index contributed by atoms with van der Waals surface area (Å²) in [6, 6.07) is 10.2. The van der Waals surface area contributed by atoms with Gasteiger partial charge < -0.3 is 10.0 Å². The number of carbonyl (C=O) groups is 2. The van der Waals surface area contributed by atoms with Crippen molar-refractivity contribution in [1.29, 1.82) is 0 Å². The number of benzene rings is 1. The molecular weight excluding hydrogens is 316 g/mol. The molecule has 1 aromatic rings. The van der Waals surface area contributed by atoms with Crippen molar-refractivity contribution in [2.75, 3.05) is 26.2 Å². The quantitative estimate of drug-likeness (QED) is 0.911. The van der Waals surface area contributed by atoms with Crippen LogP contribution in [-0.4, -0.2) is 53.0 Å². The van der Waals surface area contributed by atoms with Gasteiger partial charge in [-0.3, -0.25) is 14.5 Å². The van der Waals surface area contributed by atoms with Crippen molar-refractivity contribution in [3.05, 3.63) is 35.9 Å². The molecule has 3 aliphatic rings. The van der Waals surface area contributed by atoms with Crippen LogP contribution in [-0.2, 0) is 16.1 Å². The van der Waals surface area contributed by atoms with Crippen LogP contribution in [0.25, 0.3) is 0 Å². The number of likely N-dealkylation sites (tertiary alicyclic amines) is 2. The number of fused-ring (bicyclic) bond motifs is 1. The summed E-state index contributed by atoms with van der Waals surface area (Å²) in [6.07, 6.45) is 4.20. The van der Waals surface area contributed by atoms with Crippen molar-refractivity contribution in [1.82, 2.24) is 9.80 Å². The summed E-state index contributed by atoms with van der Waals surface area (Å²) in [7, 11) is 0. The van der Waals surface area contributed by atoms with Gasteiger partial charge in [-0.1, -0.05) is 43.2 Å². The van der Waals surface area contributed by atoms with Gasteiger partial charge in [0.05, 0.1) is 0 Å². The van der Waals surface area contributed by atoms with E-state index in [4.69, 9.17) is 0 Å². The van der Waals surface area contributed by atoms with E-state index in [0.717, 1.165) is 38.8 Å². The Bertz CT molecular complexity index is 656. The molecule has 2 heterocycles. The fraction of sp³-hybridized carbons (Fsp3) is 0.600. The lowest BCUT2D eigenvalue weighted by Crippen LogP contribution is -2.42. The van der Waals surface area contributed by atoms with Crippen molar-refractivity contribution >= 4 is 11.9 Å². The number of amides is 1. The lowest BCUT2D eigenvalue weighted by molar-refractivity contribution is -0.149. The zero-order valence-electron chi connectivity index (χ0n) is 14.6. The van der Waals surface area contributed by atoms with Crippen molar-refractivity contribution < 1.29 is 14.7 Å². The Balaban J connectivity index is 1.46. The maximum Gasteiger partial charge on any atom is 0.313 e. The molecule has 0 radical (unpaired) electrons. The fourth-order valence-corrected chi connectivity index (χ4v) is 5.03. The van der Waals surface area contributed by atoms with Gasteiger partial charge in [0, 0.05) is 44.6 Å². The third-order valence-electron chi connectivity index (χ3n) is 6.37. The number of hydrogen-bond acceptors (Lipinski definition) is 3. The second kappa shape index (κ2) is 6.45.